The van der Waals surface area contributed by atoms with Gasteiger partial charge in [-0.25, -0.2) is 4.39 Å². The molecule has 3 nitrogen and oxygen atoms in total. The lowest BCUT2D eigenvalue weighted by atomic mass is 10.2. The maximum Gasteiger partial charge on any atom is 0.174 e. The van der Waals surface area contributed by atoms with E-state index in [1.54, 1.807) is 19.9 Å². The van der Waals surface area contributed by atoms with Gasteiger partial charge in [-0.1, -0.05) is 0 Å². The molecule has 0 unspecified atom stereocenters. The fraction of sp³-hybridized carbons (Fsp3) is 0.455. The van der Waals surface area contributed by atoms with Crippen molar-refractivity contribution in [3.63, 3.8) is 0 Å². The molecule has 0 amide bonds. The molecule has 1 rings (SSSR count). The second-order valence-corrected chi connectivity index (χ2v) is 2.88. The molecule has 1 aromatic rings. The first kappa shape index (κ1) is 11.8. The molecular formula is C11H15FO3. The van der Waals surface area contributed by atoms with E-state index in [0.717, 1.165) is 0 Å². The highest BCUT2D eigenvalue weighted by molar-refractivity contribution is 5.41. The molecule has 0 atom stereocenters. The van der Waals surface area contributed by atoms with Crippen LogP contribution in [0.2, 0.25) is 0 Å². The number of aliphatic hydroxyl groups is 1. The van der Waals surface area contributed by atoms with Crippen molar-refractivity contribution in [2.45, 2.75) is 20.5 Å². The minimum atomic E-state index is -0.551. The maximum absolute atomic E-state index is 13.7. The van der Waals surface area contributed by atoms with Gasteiger partial charge in [-0.05, 0) is 26.0 Å². The van der Waals surface area contributed by atoms with Gasteiger partial charge in [0.2, 0.25) is 0 Å². The molecule has 0 aromatic heterocycles. The minimum absolute atomic E-state index is 0.141. The summed E-state index contributed by atoms with van der Waals surface area (Å²) in [6.07, 6.45) is 0. The van der Waals surface area contributed by atoms with Gasteiger partial charge in [0, 0.05) is 0 Å². The van der Waals surface area contributed by atoms with Crippen molar-refractivity contribution in [1.82, 2.24) is 0 Å². The quantitative estimate of drug-likeness (QED) is 0.815. The topological polar surface area (TPSA) is 38.7 Å². The summed E-state index contributed by atoms with van der Waals surface area (Å²) >= 11 is 0. The van der Waals surface area contributed by atoms with Crippen LogP contribution in [0.4, 0.5) is 4.39 Å². The van der Waals surface area contributed by atoms with Gasteiger partial charge in [0.15, 0.2) is 11.6 Å². The lowest BCUT2D eigenvalue weighted by Crippen LogP contribution is -2.03. The summed E-state index contributed by atoms with van der Waals surface area (Å²) in [5.41, 5.74) is 0.141. The average Bonchev–Trinajstić information content (AvgIpc) is 2.23. The Morgan fingerprint density at radius 1 is 1.13 bits per heavy atom. The molecule has 0 spiro atoms. The van der Waals surface area contributed by atoms with Crippen LogP contribution in [0.5, 0.6) is 11.5 Å². The molecule has 0 bridgehead atoms. The number of hydrogen-bond donors (Lipinski definition) is 1. The lowest BCUT2D eigenvalue weighted by Gasteiger charge is -2.12. The number of benzene rings is 1. The zero-order chi connectivity index (χ0) is 11.3. The van der Waals surface area contributed by atoms with Crippen molar-refractivity contribution in [3.05, 3.63) is 23.5 Å². The second-order valence-electron chi connectivity index (χ2n) is 2.88. The predicted molar refractivity (Wildman–Crippen MR) is 54.7 cm³/mol. The van der Waals surface area contributed by atoms with Crippen LogP contribution in [-0.2, 0) is 6.61 Å². The van der Waals surface area contributed by atoms with Crippen LogP contribution in [0.3, 0.4) is 0 Å². The zero-order valence-corrected chi connectivity index (χ0v) is 8.92. The Morgan fingerprint density at radius 3 is 2.20 bits per heavy atom. The van der Waals surface area contributed by atoms with Crippen LogP contribution >= 0.6 is 0 Å². The average molecular weight is 214 g/mol. The third-order valence-electron chi connectivity index (χ3n) is 1.92. The summed E-state index contributed by atoms with van der Waals surface area (Å²) in [5.74, 6) is -0.0451. The van der Waals surface area contributed by atoms with Crippen molar-refractivity contribution in [2.24, 2.45) is 0 Å². The Morgan fingerprint density at radius 2 is 1.67 bits per heavy atom. The van der Waals surface area contributed by atoms with Crippen LogP contribution < -0.4 is 9.47 Å². The number of ether oxygens (including phenoxy) is 2. The molecule has 0 saturated heterocycles. The largest absolute Gasteiger partial charge is 0.493 e. The standard InChI is InChI=1S/C11H15FO3/c1-3-14-9-5-6-10(15-4-2)11(12)8(9)7-13/h5-6,13H,3-4,7H2,1-2H3. The number of rotatable bonds is 5. The summed E-state index contributed by atoms with van der Waals surface area (Å²) in [5, 5.41) is 9.04. The first-order valence-electron chi connectivity index (χ1n) is 4.92. The van der Waals surface area contributed by atoms with Crippen molar-refractivity contribution in [1.29, 1.82) is 0 Å². The summed E-state index contributed by atoms with van der Waals surface area (Å²) in [6, 6.07) is 3.10. The van der Waals surface area contributed by atoms with Crippen molar-refractivity contribution in [3.8, 4) is 11.5 Å². The van der Waals surface area contributed by atoms with Crippen LogP contribution in [0.15, 0.2) is 12.1 Å². The van der Waals surface area contributed by atoms with Gasteiger partial charge in [0.1, 0.15) is 5.75 Å². The van der Waals surface area contributed by atoms with E-state index in [1.165, 1.54) is 6.07 Å². The second kappa shape index (κ2) is 5.56. The molecule has 0 heterocycles. The fourth-order valence-electron chi connectivity index (χ4n) is 1.29. The van der Waals surface area contributed by atoms with Gasteiger partial charge in [-0.2, -0.15) is 0 Å². The van der Waals surface area contributed by atoms with E-state index in [-0.39, 0.29) is 11.3 Å². The van der Waals surface area contributed by atoms with E-state index in [9.17, 15) is 4.39 Å². The Labute approximate surface area is 88.4 Å². The molecule has 0 aliphatic rings. The lowest BCUT2D eigenvalue weighted by molar-refractivity contribution is 0.253. The molecule has 0 aliphatic carbocycles. The normalized spacial score (nSPS) is 10.1. The Hall–Kier alpha value is -1.29. The molecule has 4 heteroatoms. The molecule has 1 aromatic carbocycles. The highest BCUT2D eigenvalue weighted by Gasteiger charge is 2.14. The molecule has 1 N–H and O–H groups in total. The van der Waals surface area contributed by atoms with Gasteiger partial charge < -0.3 is 14.6 Å². The van der Waals surface area contributed by atoms with E-state index in [0.29, 0.717) is 19.0 Å². The van der Waals surface area contributed by atoms with Crippen molar-refractivity contribution < 1.29 is 19.0 Å². The summed E-state index contributed by atoms with van der Waals surface area (Å²) in [4.78, 5) is 0. The number of halogens is 1. The molecule has 0 radical (unpaired) electrons. The van der Waals surface area contributed by atoms with E-state index in [2.05, 4.69) is 0 Å². The van der Waals surface area contributed by atoms with Crippen molar-refractivity contribution in [2.75, 3.05) is 13.2 Å². The minimum Gasteiger partial charge on any atom is -0.493 e. The van der Waals surface area contributed by atoms with Gasteiger partial charge in [0.05, 0.1) is 25.4 Å². The molecule has 0 aliphatic heterocycles. The first-order chi connectivity index (χ1) is 7.24. The van der Waals surface area contributed by atoms with Gasteiger partial charge in [0.25, 0.3) is 0 Å². The van der Waals surface area contributed by atoms with Gasteiger partial charge >= 0.3 is 0 Å². The van der Waals surface area contributed by atoms with Crippen LogP contribution in [0, 0.1) is 5.82 Å². The van der Waals surface area contributed by atoms with Crippen LogP contribution in [0.25, 0.3) is 0 Å². The molecule has 0 fully saturated rings. The molecule has 0 saturated carbocycles. The first-order valence-corrected chi connectivity index (χ1v) is 4.92. The number of hydrogen-bond acceptors (Lipinski definition) is 3. The van der Waals surface area contributed by atoms with Crippen LogP contribution in [-0.4, -0.2) is 18.3 Å². The highest BCUT2D eigenvalue weighted by Crippen LogP contribution is 2.29. The van der Waals surface area contributed by atoms with Gasteiger partial charge in [-0.3, -0.25) is 0 Å². The van der Waals surface area contributed by atoms with Crippen LogP contribution in [0.1, 0.15) is 19.4 Å². The highest BCUT2D eigenvalue weighted by atomic mass is 19.1. The summed E-state index contributed by atoms with van der Waals surface area (Å²) < 4.78 is 23.9. The van der Waals surface area contributed by atoms with E-state index in [4.69, 9.17) is 14.6 Å². The van der Waals surface area contributed by atoms with E-state index >= 15 is 0 Å². The van der Waals surface area contributed by atoms with Crippen molar-refractivity contribution >= 4 is 0 Å². The third-order valence-corrected chi connectivity index (χ3v) is 1.92. The monoisotopic (exact) mass is 214 g/mol. The molecule has 84 valence electrons. The Bertz CT molecular complexity index is 326. The third kappa shape index (κ3) is 2.59. The Balaban J connectivity index is 3.08. The smallest absolute Gasteiger partial charge is 0.174 e. The van der Waals surface area contributed by atoms with Gasteiger partial charge in [-0.15, -0.1) is 0 Å². The van der Waals surface area contributed by atoms with E-state index in [1.807, 2.05) is 0 Å². The maximum atomic E-state index is 13.7. The zero-order valence-electron chi connectivity index (χ0n) is 8.92. The van der Waals surface area contributed by atoms with E-state index < -0.39 is 12.4 Å². The predicted octanol–water partition coefficient (Wildman–Crippen LogP) is 2.12. The summed E-state index contributed by atoms with van der Waals surface area (Å²) in [6.45, 7) is 3.99. The Kier molecular flexibility index (Phi) is 4.37. The SMILES string of the molecule is CCOc1ccc(OCC)c(CO)c1F. The molecule has 15 heavy (non-hydrogen) atoms. The molecular weight excluding hydrogens is 199 g/mol. The fourth-order valence-corrected chi connectivity index (χ4v) is 1.29. The number of aliphatic hydroxyl groups excluding tert-OH is 1. The summed E-state index contributed by atoms with van der Waals surface area (Å²) in [7, 11) is 0.